The molecule has 0 amide bonds. The minimum atomic E-state index is 0.520. The van der Waals surface area contributed by atoms with E-state index in [1.54, 1.807) is 0 Å². The zero-order valence-electron chi connectivity index (χ0n) is 13.0. The van der Waals surface area contributed by atoms with Gasteiger partial charge in [0.15, 0.2) is 0 Å². The molecule has 0 bridgehead atoms. The van der Waals surface area contributed by atoms with Gasteiger partial charge < -0.3 is 9.88 Å². The van der Waals surface area contributed by atoms with E-state index in [4.69, 9.17) is 0 Å². The second-order valence-corrected chi connectivity index (χ2v) is 5.60. The van der Waals surface area contributed by atoms with E-state index in [9.17, 15) is 0 Å². The normalized spacial score (nSPS) is 11.2. The summed E-state index contributed by atoms with van der Waals surface area (Å²) in [7, 11) is 0. The summed E-state index contributed by atoms with van der Waals surface area (Å²) in [4.78, 5) is 4.46. The van der Waals surface area contributed by atoms with Crippen molar-refractivity contribution in [2.45, 2.75) is 53.2 Å². The lowest BCUT2D eigenvalue weighted by Crippen LogP contribution is -2.21. The van der Waals surface area contributed by atoms with Gasteiger partial charge in [-0.05, 0) is 30.5 Å². The Morgan fingerprint density at radius 2 is 2.10 bits per heavy atom. The van der Waals surface area contributed by atoms with Gasteiger partial charge in [0.1, 0.15) is 5.82 Å². The molecule has 0 saturated carbocycles. The first-order chi connectivity index (χ1) is 9.60. The maximum Gasteiger partial charge on any atom is 0.113 e. The summed E-state index contributed by atoms with van der Waals surface area (Å²) in [5.41, 5.74) is 4.05. The molecular weight excluding hydrogens is 246 g/mol. The third-order valence-corrected chi connectivity index (χ3v) is 3.61. The van der Waals surface area contributed by atoms with Crippen molar-refractivity contribution in [2.24, 2.45) is 0 Å². The molecule has 0 fully saturated rings. The molecule has 3 nitrogen and oxygen atoms in total. The Bertz CT molecular complexity index is 555. The molecule has 0 unspecified atom stereocenters. The van der Waals surface area contributed by atoms with Crippen molar-refractivity contribution in [3.05, 3.63) is 53.1 Å². The molecule has 3 heteroatoms. The Labute approximate surface area is 122 Å². The number of nitrogens with one attached hydrogen (secondary N) is 1. The van der Waals surface area contributed by atoms with E-state index in [2.05, 4.69) is 60.8 Å². The van der Waals surface area contributed by atoms with Gasteiger partial charge in [-0.15, -0.1) is 0 Å². The lowest BCUT2D eigenvalue weighted by Gasteiger charge is -2.12. The van der Waals surface area contributed by atoms with Gasteiger partial charge in [0.2, 0.25) is 0 Å². The molecular formula is C17H25N3. The Balaban J connectivity index is 2.10. The highest BCUT2D eigenvalue weighted by molar-refractivity contribution is 5.33. The molecule has 1 aromatic carbocycles. The van der Waals surface area contributed by atoms with Crippen molar-refractivity contribution < 1.29 is 0 Å². The smallest absolute Gasteiger partial charge is 0.113 e. The lowest BCUT2D eigenvalue weighted by atomic mass is 10.0. The zero-order chi connectivity index (χ0) is 14.5. The maximum atomic E-state index is 4.46. The van der Waals surface area contributed by atoms with Crippen LogP contribution in [0.2, 0.25) is 0 Å². The first kappa shape index (κ1) is 14.8. The van der Waals surface area contributed by atoms with E-state index in [0.29, 0.717) is 6.04 Å². The minimum Gasteiger partial charge on any atom is -0.335 e. The molecule has 20 heavy (non-hydrogen) atoms. The van der Waals surface area contributed by atoms with E-state index in [1.165, 1.54) is 16.7 Å². The van der Waals surface area contributed by atoms with Crippen LogP contribution < -0.4 is 5.32 Å². The Morgan fingerprint density at radius 3 is 2.75 bits per heavy atom. The number of aryl methyl sites for hydroxylation is 2. The molecule has 0 atom stereocenters. The highest BCUT2D eigenvalue weighted by Gasteiger charge is 2.06. The van der Waals surface area contributed by atoms with E-state index >= 15 is 0 Å². The van der Waals surface area contributed by atoms with Crippen molar-refractivity contribution >= 4 is 0 Å². The monoisotopic (exact) mass is 271 g/mol. The van der Waals surface area contributed by atoms with E-state index in [-0.39, 0.29) is 0 Å². The molecule has 1 aromatic heterocycles. The van der Waals surface area contributed by atoms with Crippen molar-refractivity contribution in [3.63, 3.8) is 0 Å². The Morgan fingerprint density at radius 1 is 1.30 bits per heavy atom. The predicted molar refractivity (Wildman–Crippen MR) is 83.9 cm³/mol. The molecule has 2 rings (SSSR count). The van der Waals surface area contributed by atoms with Gasteiger partial charge in [-0.25, -0.2) is 4.98 Å². The van der Waals surface area contributed by atoms with Crippen LogP contribution >= 0.6 is 0 Å². The summed E-state index contributed by atoms with van der Waals surface area (Å²) in [5.74, 6) is 1.14. The Kier molecular flexibility index (Phi) is 4.96. The number of aromatic nitrogens is 2. The van der Waals surface area contributed by atoms with Gasteiger partial charge in [-0.3, -0.25) is 0 Å². The molecule has 1 heterocycles. The van der Waals surface area contributed by atoms with Gasteiger partial charge in [-0.1, -0.05) is 32.0 Å². The summed E-state index contributed by atoms with van der Waals surface area (Å²) >= 11 is 0. The van der Waals surface area contributed by atoms with Crippen molar-refractivity contribution in [2.75, 3.05) is 0 Å². The van der Waals surface area contributed by atoms with Crippen molar-refractivity contribution in [1.29, 1.82) is 0 Å². The van der Waals surface area contributed by atoms with E-state index in [0.717, 1.165) is 25.3 Å². The van der Waals surface area contributed by atoms with Gasteiger partial charge in [-0.2, -0.15) is 0 Å². The molecule has 0 aliphatic carbocycles. The predicted octanol–water partition coefficient (Wildman–Crippen LogP) is 3.30. The largest absolute Gasteiger partial charge is 0.335 e. The summed E-state index contributed by atoms with van der Waals surface area (Å²) in [6, 6.07) is 7.26. The topological polar surface area (TPSA) is 29.9 Å². The van der Waals surface area contributed by atoms with Gasteiger partial charge in [0, 0.05) is 37.9 Å². The maximum absolute atomic E-state index is 4.46. The third-order valence-electron chi connectivity index (χ3n) is 3.61. The van der Waals surface area contributed by atoms with Crippen LogP contribution in [0.1, 0.15) is 43.3 Å². The van der Waals surface area contributed by atoms with Crippen LogP contribution in [0.25, 0.3) is 0 Å². The van der Waals surface area contributed by atoms with Crippen molar-refractivity contribution in [1.82, 2.24) is 14.9 Å². The highest BCUT2D eigenvalue weighted by atomic mass is 15.0. The SMILES string of the molecule is CCn1ccnc1Cc1ccc(CNC(C)C)cc1C. The Hall–Kier alpha value is -1.61. The fourth-order valence-electron chi connectivity index (χ4n) is 2.35. The molecule has 0 aliphatic heterocycles. The van der Waals surface area contributed by atoms with Crippen LogP contribution in [0.4, 0.5) is 0 Å². The molecule has 1 N–H and O–H groups in total. The lowest BCUT2D eigenvalue weighted by molar-refractivity contribution is 0.588. The molecule has 0 aliphatic rings. The van der Waals surface area contributed by atoms with Gasteiger partial charge in [0.25, 0.3) is 0 Å². The summed E-state index contributed by atoms with van der Waals surface area (Å²) in [6.07, 6.45) is 4.84. The molecule has 2 aromatic rings. The van der Waals surface area contributed by atoms with E-state index < -0.39 is 0 Å². The molecule has 0 saturated heterocycles. The second-order valence-electron chi connectivity index (χ2n) is 5.60. The molecule has 0 spiro atoms. The van der Waals surface area contributed by atoms with Gasteiger partial charge >= 0.3 is 0 Å². The van der Waals surface area contributed by atoms with Gasteiger partial charge in [0.05, 0.1) is 0 Å². The van der Waals surface area contributed by atoms with Crippen LogP contribution in [-0.2, 0) is 19.5 Å². The number of nitrogens with zero attached hydrogens (tertiary/aromatic N) is 2. The first-order valence-corrected chi connectivity index (χ1v) is 7.42. The van der Waals surface area contributed by atoms with Crippen LogP contribution in [0.5, 0.6) is 0 Å². The average molecular weight is 271 g/mol. The number of hydrogen-bond acceptors (Lipinski definition) is 2. The number of benzene rings is 1. The van der Waals surface area contributed by atoms with Crippen LogP contribution in [-0.4, -0.2) is 15.6 Å². The third kappa shape index (κ3) is 3.70. The summed E-state index contributed by atoms with van der Waals surface area (Å²) < 4.78 is 2.20. The van der Waals surface area contributed by atoms with Crippen LogP contribution in [0, 0.1) is 6.92 Å². The standard InChI is InChI=1S/C17H25N3/c1-5-20-9-8-18-17(20)11-16-7-6-15(10-14(16)4)12-19-13(2)3/h6-10,13,19H,5,11-12H2,1-4H3. The number of rotatable bonds is 6. The van der Waals surface area contributed by atoms with Crippen molar-refractivity contribution in [3.8, 4) is 0 Å². The first-order valence-electron chi connectivity index (χ1n) is 7.42. The quantitative estimate of drug-likeness (QED) is 0.873. The number of hydrogen-bond donors (Lipinski definition) is 1. The average Bonchev–Trinajstić information content (AvgIpc) is 2.86. The molecule has 108 valence electrons. The highest BCUT2D eigenvalue weighted by Crippen LogP contribution is 2.15. The van der Waals surface area contributed by atoms with Crippen LogP contribution in [0.3, 0.4) is 0 Å². The van der Waals surface area contributed by atoms with E-state index in [1.807, 2.05) is 12.4 Å². The fraction of sp³-hybridized carbons (Fsp3) is 0.471. The minimum absolute atomic E-state index is 0.520. The fourth-order valence-corrected chi connectivity index (χ4v) is 2.35. The molecule has 0 radical (unpaired) electrons. The summed E-state index contributed by atoms with van der Waals surface area (Å²) in [6.45, 7) is 10.6. The van der Waals surface area contributed by atoms with Crippen LogP contribution in [0.15, 0.2) is 30.6 Å². The second kappa shape index (κ2) is 6.71. The number of imidazole rings is 1. The zero-order valence-corrected chi connectivity index (χ0v) is 13.0. The summed E-state index contributed by atoms with van der Waals surface area (Å²) in [5, 5.41) is 3.46.